The van der Waals surface area contributed by atoms with Gasteiger partial charge in [-0.2, -0.15) is 0 Å². The molecule has 1 aliphatic heterocycles. The zero-order chi connectivity index (χ0) is 11.5. The van der Waals surface area contributed by atoms with E-state index in [0.29, 0.717) is 17.5 Å². The zero-order valence-electron chi connectivity index (χ0n) is 9.47. The van der Waals surface area contributed by atoms with Crippen LogP contribution in [0.15, 0.2) is 29.3 Å². The third kappa shape index (κ3) is 2.19. The van der Waals surface area contributed by atoms with Crippen molar-refractivity contribution >= 4 is 0 Å². The van der Waals surface area contributed by atoms with Crippen LogP contribution in [0.1, 0.15) is 24.5 Å². The molecule has 3 rings (SSSR count). The van der Waals surface area contributed by atoms with Crippen molar-refractivity contribution in [3.8, 4) is 11.6 Å². The molecule has 0 bridgehead atoms. The molecule has 1 saturated heterocycles. The predicted molar refractivity (Wildman–Crippen MR) is 62.4 cm³/mol. The highest BCUT2D eigenvalue weighted by Crippen LogP contribution is 2.22. The first-order chi connectivity index (χ1) is 8.43. The van der Waals surface area contributed by atoms with Crippen molar-refractivity contribution < 1.29 is 4.42 Å². The molecular formula is C12H14N4O. The van der Waals surface area contributed by atoms with E-state index in [1.165, 1.54) is 19.1 Å². The minimum Gasteiger partial charge on any atom is -0.443 e. The minimum atomic E-state index is 0.481. The van der Waals surface area contributed by atoms with Gasteiger partial charge >= 0.3 is 0 Å². The lowest BCUT2D eigenvalue weighted by Crippen LogP contribution is -2.28. The van der Waals surface area contributed by atoms with Gasteiger partial charge in [-0.1, -0.05) is 0 Å². The normalized spacial score (nSPS) is 20.4. The van der Waals surface area contributed by atoms with Gasteiger partial charge in [-0.05, 0) is 19.4 Å². The zero-order valence-corrected chi connectivity index (χ0v) is 9.47. The van der Waals surface area contributed by atoms with E-state index < -0.39 is 0 Å². The smallest absolute Gasteiger partial charge is 0.246 e. The molecule has 0 amide bonds. The number of hydrogen-bond donors (Lipinski definition) is 1. The molecule has 1 aliphatic rings. The van der Waals surface area contributed by atoms with Crippen molar-refractivity contribution in [3.05, 3.63) is 30.5 Å². The summed E-state index contributed by atoms with van der Waals surface area (Å²) in [6, 6.07) is 0. The number of aromatic nitrogens is 3. The van der Waals surface area contributed by atoms with Gasteiger partial charge in [0.25, 0.3) is 0 Å². The molecule has 0 saturated carbocycles. The van der Waals surface area contributed by atoms with E-state index in [-0.39, 0.29) is 0 Å². The molecule has 5 heteroatoms. The van der Waals surface area contributed by atoms with E-state index >= 15 is 0 Å². The van der Waals surface area contributed by atoms with Crippen molar-refractivity contribution in [2.45, 2.75) is 18.8 Å². The van der Waals surface area contributed by atoms with E-state index in [1.54, 1.807) is 12.4 Å². The molecule has 0 spiro atoms. The Morgan fingerprint density at radius 3 is 2.88 bits per heavy atom. The van der Waals surface area contributed by atoms with Gasteiger partial charge in [-0.15, -0.1) is 0 Å². The molecule has 88 valence electrons. The lowest BCUT2D eigenvalue weighted by Gasteiger charge is -2.21. The Bertz CT molecular complexity index is 460. The van der Waals surface area contributed by atoms with Crippen LogP contribution in [0.3, 0.4) is 0 Å². The topological polar surface area (TPSA) is 63.8 Å². The maximum absolute atomic E-state index is 5.18. The number of oxazole rings is 1. The van der Waals surface area contributed by atoms with Crippen LogP contribution >= 0.6 is 0 Å². The Balaban J connectivity index is 1.80. The lowest BCUT2D eigenvalue weighted by atomic mass is 9.96. The summed E-state index contributed by atoms with van der Waals surface area (Å²) in [5.41, 5.74) is 1.73. The van der Waals surface area contributed by atoms with Crippen molar-refractivity contribution in [1.82, 2.24) is 20.3 Å². The quantitative estimate of drug-likeness (QED) is 0.849. The molecule has 0 aliphatic carbocycles. The van der Waals surface area contributed by atoms with E-state index in [1.807, 2.05) is 6.20 Å². The first-order valence-corrected chi connectivity index (χ1v) is 5.86. The van der Waals surface area contributed by atoms with Crippen molar-refractivity contribution in [2.24, 2.45) is 0 Å². The van der Waals surface area contributed by atoms with Crippen molar-refractivity contribution in [2.75, 3.05) is 13.1 Å². The number of nitrogens with one attached hydrogen (secondary N) is 1. The maximum atomic E-state index is 5.18. The van der Waals surface area contributed by atoms with Gasteiger partial charge < -0.3 is 9.73 Å². The molecule has 2 aromatic rings. The van der Waals surface area contributed by atoms with Crippen LogP contribution in [-0.2, 0) is 0 Å². The van der Waals surface area contributed by atoms with Crippen LogP contribution < -0.4 is 5.32 Å². The van der Waals surface area contributed by atoms with Gasteiger partial charge in [0.05, 0.1) is 18.1 Å². The van der Waals surface area contributed by atoms with Gasteiger partial charge in [-0.25, -0.2) is 9.97 Å². The van der Waals surface area contributed by atoms with Crippen molar-refractivity contribution in [3.63, 3.8) is 0 Å². The molecule has 17 heavy (non-hydrogen) atoms. The largest absolute Gasteiger partial charge is 0.443 e. The predicted octanol–water partition coefficient (Wildman–Crippen LogP) is 1.60. The summed E-state index contributed by atoms with van der Waals surface area (Å²) < 4.78 is 5.18. The Morgan fingerprint density at radius 1 is 1.24 bits per heavy atom. The SMILES string of the molecule is c1coc(-c2cnc([C@H]3CCCNC3)cn2)n1. The monoisotopic (exact) mass is 230 g/mol. The number of rotatable bonds is 2. The van der Waals surface area contributed by atoms with E-state index in [2.05, 4.69) is 20.3 Å². The summed E-state index contributed by atoms with van der Waals surface area (Å²) >= 11 is 0. The molecule has 5 nitrogen and oxygen atoms in total. The Kier molecular flexibility index (Phi) is 2.83. The van der Waals surface area contributed by atoms with Crippen LogP contribution in [0, 0.1) is 0 Å². The maximum Gasteiger partial charge on any atom is 0.246 e. The highest BCUT2D eigenvalue weighted by atomic mass is 16.3. The summed E-state index contributed by atoms with van der Waals surface area (Å²) in [5, 5.41) is 3.38. The summed E-state index contributed by atoms with van der Waals surface area (Å²) in [4.78, 5) is 12.9. The molecule has 0 aromatic carbocycles. The van der Waals surface area contributed by atoms with Gasteiger partial charge in [-0.3, -0.25) is 4.98 Å². The average molecular weight is 230 g/mol. The van der Waals surface area contributed by atoms with Crippen LogP contribution in [0.4, 0.5) is 0 Å². The average Bonchev–Trinajstić information content (AvgIpc) is 2.94. The van der Waals surface area contributed by atoms with Crippen LogP contribution in [0.25, 0.3) is 11.6 Å². The summed E-state index contributed by atoms with van der Waals surface area (Å²) in [6.45, 7) is 2.10. The second kappa shape index (κ2) is 4.63. The molecule has 3 heterocycles. The van der Waals surface area contributed by atoms with Crippen LogP contribution in [0.5, 0.6) is 0 Å². The lowest BCUT2D eigenvalue weighted by molar-refractivity contribution is 0.453. The molecule has 1 N–H and O–H groups in total. The van der Waals surface area contributed by atoms with Gasteiger partial charge in [0.2, 0.25) is 5.89 Å². The van der Waals surface area contributed by atoms with Gasteiger partial charge in [0, 0.05) is 18.7 Å². The number of hydrogen-bond acceptors (Lipinski definition) is 5. The third-order valence-electron chi connectivity index (χ3n) is 3.04. The fraction of sp³-hybridized carbons (Fsp3) is 0.417. The molecular weight excluding hydrogens is 216 g/mol. The fourth-order valence-corrected chi connectivity index (χ4v) is 2.11. The molecule has 0 unspecified atom stereocenters. The fourth-order valence-electron chi connectivity index (χ4n) is 2.11. The standard InChI is InChI=1S/C12H14N4O/c1-2-9(6-13-3-1)10-7-16-11(8-15-10)12-14-4-5-17-12/h4-5,7-9,13H,1-3,6H2/t9-/m0/s1. The highest BCUT2D eigenvalue weighted by Gasteiger charge is 2.17. The van der Waals surface area contributed by atoms with Gasteiger partial charge in [0.15, 0.2) is 0 Å². The van der Waals surface area contributed by atoms with Crippen molar-refractivity contribution in [1.29, 1.82) is 0 Å². The summed E-state index contributed by atoms with van der Waals surface area (Å²) in [6.07, 6.45) is 9.09. The Morgan fingerprint density at radius 2 is 2.24 bits per heavy atom. The minimum absolute atomic E-state index is 0.481. The summed E-state index contributed by atoms with van der Waals surface area (Å²) in [7, 11) is 0. The Labute approximate surface area is 99.3 Å². The third-order valence-corrected chi connectivity index (χ3v) is 3.04. The molecule has 0 radical (unpaired) electrons. The molecule has 2 aromatic heterocycles. The number of nitrogens with zero attached hydrogens (tertiary/aromatic N) is 3. The second-order valence-electron chi connectivity index (χ2n) is 4.21. The molecule has 1 fully saturated rings. The first-order valence-electron chi connectivity index (χ1n) is 5.86. The van der Waals surface area contributed by atoms with E-state index in [4.69, 9.17) is 4.42 Å². The Hall–Kier alpha value is -1.75. The van der Waals surface area contributed by atoms with E-state index in [9.17, 15) is 0 Å². The number of piperidine rings is 1. The van der Waals surface area contributed by atoms with Crippen LogP contribution in [-0.4, -0.2) is 28.0 Å². The van der Waals surface area contributed by atoms with Crippen LogP contribution in [0.2, 0.25) is 0 Å². The van der Waals surface area contributed by atoms with Gasteiger partial charge in [0.1, 0.15) is 12.0 Å². The second-order valence-corrected chi connectivity index (χ2v) is 4.21. The van der Waals surface area contributed by atoms with E-state index in [0.717, 1.165) is 18.8 Å². The highest BCUT2D eigenvalue weighted by molar-refractivity contribution is 5.44. The summed E-state index contributed by atoms with van der Waals surface area (Å²) in [5.74, 6) is 1.00. The first kappa shape index (κ1) is 10.4. The molecule has 1 atom stereocenters.